The van der Waals surface area contributed by atoms with Gasteiger partial charge in [0.25, 0.3) is 5.91 Å². The first-order valence-corrected chi connectivity index (χ1v) is 10.2. The van der Waals surface area contributed by atoms with Gasteiger partial charge in [-0.1, -0.05) is 24.4 Å². The average Bonchev–Trinajstić information content (AvgIpc) is 3.18. The van der Waals surface area contributed by atoms with Crippen LogP contribution in [0.25, 0.3) is 0 Å². The third-order valence-corrected chi connectivity index (χ3v) is 5.89. The van der Waals surface area contributed by atoms with Crippen molar-refractivity contribution in [1.82, 2.24) is 10.2 Å². The number of aliphatic hydroxyl groups is 2. The van der Waals surface area contributed by atoms with Crippen LogP contribution in [0.3, 0.4) is 0 Å². The molecule has 1 aliphatic heterocycles. The van der Waals surface area contributed by atoms with Gasteiger partial charge in [0.15, 0.2) is 0 Å². The van der Waals surface area contributed by atoms with Crippen LogP contribution in [0.15, 0.2) is 18.2 Å². The smallest absolute Gasteiger partial charge is 0.251 e. The molecule has 2 fully saturated rings. The molecule has 0 radical (unpaired) electrons. The molecule has 1 aromatic rings. The van der Waals surface area contributed by atoms with Gasteiger partial charge >= 0.3 is 0 Å². The molecule has 1 heterocycles. The van der Waals surface area contributed by atoms with E-state index in [9.17, 15) is 15.0 Å². The van der Waals surface area contributed by atoms with E-state index in [1.807, 2.05) is 0 Å². The Balaban J connectivity index is 1.53. The number of nitrogens with zero attached hydrogens (tertiary/aromatic N) is 1. The van der Waals surface area contributed by atoms with Crippen molar-refractivity contribution in [3.05, 3.63) is 28.8 Å². The molecule has 1 amide bonds. The van der Waals surface area contributed by atoms with Gasteiger partial charge in [0.05, 0.1) is 24.3 Å². The molecule has 1 aromatic carbocycles. The highest BCUT2D eigenvalue weighted by Gasteiger charge is 2.26. The predicted molar refractivity (Wildman–Crippen MR) is 104 cm³/mol. The Morgan fingerprint density at radius 3 is 2.44 bits per heavy atom. The zero-order valence-electron chi connectivity index (χ0n) is 15.6. The van der Waals surface area contributed by atoms with Crippen molar-refractivity contribution in [2.75, 3.05) is 26.3 Å². The summed E-state index contributed by atoms with van der Waals surface area (Å²) in [5, 5.41) is 22.1. The van der Waals surface area contributed by atoms with E-state index in [-0.39, 0.29) is 37.3 Å². The van der Waals surface area contributed by atoms with Crippen molar-refractivity contribution in [3.63, 3.8) is 0 Å². The minimum Gasteiger partial charge on any atom is -0.489 e. The number of nitrogens with one attached hydrogen (secondary N) is 1. The normalized spacial score (nSPS) is 19.6. The molecular formula is C20H29ClN2O4. The molecule has 3 rings (SSSR count). The summed E-state index contributed by atoms with van der Waals surface area (Å²) in [4.78, 5) is 14.4. The summed E-state index contributed by atoms with van der Waals surface area (Å²) in [5.41, 5.74) is 0.558. The van der Waals surface area contributed by atoms with Crippen LogP contribution in [0, 0.1) is 0 Å². The van der Waals surface area contributed by atoms with Crippen molar-refractivity contribution in [2.24, 2.45) is 0 Å². The fourth-order valence-electron chi connectivity index (χ4n) is 3.90. The molecule has 2 aliphatic rings. The molecule has 1 saturated heterocycles. The van der Waals surface area contributed by atoms with Crippen molar-refractivity contribution in [1.29, 1.82) is 0 Å². The summed E-state index contributed by atoms with van der Waals surface area (Å²) >= 11 is 6.35. The van der Waals surface area contributed by atoms with E-state index in [0.717, 1.165) is 38.8 Å². The average molecular weight is 397 g/mol. The lowest BCUT2D eigenvalue weighted by molar-refractivity contribution is 0.0287. The summed E-state index contributed by atoms with van der Waals surface area (Å²) in [7, 11) is 0. The van der Waals surface area contributed by atoms with Gasteiger partial charge in [-0.3, -0.25) is 9.69 Å². The van der Waals surface area contributed by atoms with Crippen molar-refractivity contribution in [2.45, 2.75) is 56.7 Å². The topological polar surface area (TPSA) is 82.0 Å². The Morgan fingerprint density at radius 1 is 1.19 bits per heavy atom. The van der Waals surface area contributed by atoms with Gasteiger partial charge in [-0.05, 0) is 43.9 Å². The lowest BCUT2D eigenvalue weighted by Gasteiger charge is -2.36. The van der Waals surface area contributed by atoms with Gasteiger partial charge in [0.1, 0.15) is 11.9 Å². The number of aliphatic hydroxyl groups excluding tert-OH is 2. The van der Waals surface area contributed by atoms with E-state index < -0.39 is 0 Å². The molecule has 0 aromatic heterocycles. The molecule has 150 valence electrons. The van der Waals surface area contributed by atoms with E-state index in [2.05, 4.69) is 10.2 Å². The minimum absolute atomic E-state index is 0.0370. The number of hydrogen-bond donors (Lipinski definition) is 3. The number of piperidine rings is 1. The lowest BCUT2D eigenvalue weighted by atomic mass is 10.1. The van der Waals surface area contributed by atoms with Crippen LogP contribution in [0.1, 0.15) is 48.9 Å². The van der Waals surface area contributed by atoms with E-state index in [1.54, 1.807) is 18.2 Å². The quantitative estimate of drug-likeness (QED) is 0.658. The molecule has 6 nitrogen and oxygen atoms in total. The number of rotatable bonds is 7. The molecule has 0 spiro atoms. The third kappa shape index (κ3) is 5.35. The van der Waals surface area contributed by atoms with Gasteiger partial charge in [0, 0.05) is 24.7 Å². The summed E-state index contributed by atoms with van der Waals surface area (Å²) in [6.07, 6.45) is 6.09. The van der Waals surface area contributed by atoms with Crippen LogP contribution in [0.5, 0.6) is 5.75 Å². The molecule has 0 atom stereocenters. The Kier molecular flexibility index (Phi) is 7.35. The molecule has 0 unspecified atom stereocenters. The first-order valence-electron chi connectivity index (χ1n) is 9.83. The number of benzene rings is 1. The fraction of sp³-hybridized carbons (Fsp3) is 0.650. The Hall–Kier alpha value is -1.34. The second kappa shape index (κ2) is 9.73. The van der Waals surface area contributed by atoms with Gasteiger partial charge in [-0.25, -0.2) is 0 Å². The van der Waals surface area contributed by atoms with Crippen LogP contribution in [0.4, 0.5) is 0 Å². The third-order valence-electron chi connectivity index (χ3n) is 5.59. The Morgan fingerprint density at radius 2 is 1.85 bits per heavy atom. The molecule has 3 N–H and O–H groups in total. The van der Waals surface area contributed by atoms with E-state index in [0.29, 0.717) is 16.3 Å². The lowest BCUT2D eigenvalue weighted by Crippen LogP contribution is -2.47. The first-order chi connectivity index (χ1) is 13.1. The summed E-state index contributed by atoms with van der Waals surface area (Å²) < 4.78 is 6.03. The van der Waals surface area contributed by atoms with Crippen molar-refractivity contribution >= 4 is 17.5 Å². The second-order valence-corrected chi connectivity index (χ2v) is 7.88. The molecule has 27 heavy (non-hydrogen) atoms. The van der Waals surface area contributed by atoms with Crippen molar-refractivity contribution < 1.29 is 19.7 Å². The first kappa shape index (κ1) is 20.4. The molecule has 7 heteroatoms. The maximum absolute atomic E-state index is 12.4. The molecule has 0 bridgehead atoms. The van der Waals surface area contributed by atoms with Gasteiger partial charge in [0.2, 0.25) is 0 Å². The Bertz CT molecular complexity index is 624. The summed E-state index contributed by atoms with van der Waals surface area (Å²) in [6.45, 7) is 1.43. The van der Waals surface area contributed by atoms with Crippen LogP contribution in [-0.4, -0.2) is 65.5 Å². The SMILES string of the molecule is O=C(NC1CCCC1)c1ccc(OC2CCN(C(CO)CO)CC2)c(Cl)c1. The molecule has 1 saturated carbocycles. The van der Waals surface area contributed by atoms with E-state index in [4.69, 9.17) is 16.3 Å². The highest BCUT2D eigenvalue weighted by Crippen LogP contribution is 2.29. The summed E-state index contributed by atoms with van der Waals surface area (Å²) in [5.74, 6) is 0.510. The zero-order chi connectivity index (χ0) is 19.2. The monoisotopic (exact) mass is 396 g/mol. The van der Waals surface area contributed by atoms with Gasteiger partial charge < -0.3 is 20.3 Å². The standard InChI is InChI=1S/C20H29ClN2O4/c21-18-11-14(20(26)22-15-3-1-2-4-15)5-6-19(18)27-17-7-9-23(10-8-17)16(12-24)13-25/h5-6,11,15-17,24-25H,1-4,7-10,12-13H2,(H,22,26). The highest BCUT2D eigenvalue weighted by molar-refractivity contribution is 6.32. The second-order valence-electron chi connectivity index (χ2n) is 7.47. The van der Waals surface area contributed by atoms with Crippen molar-refractivity contribution in [3.8, 4) is 5.75 Å². The van der Waals surface area contributed by atoms with Crippen LogP contribution < -0.4 is 10.1 Å². The summed E-state index contributed by atoms with van der Waals surface area (Å²) in [6, 6.07) is 5.27. The van der Waals surface area contributed by atoms with Crippen LogP contribution >= 0.6 is 11.6 Å². The predicted octanol–water partition coefficient (Wildman–Crippen LogP) is 2.21. The van der Waals surface area contributed by atoms with Crippen LogP contribution in [-0.2, 0) is 0 Å². The number of likely N-dealkylation sites (tertiary alicyclic amines) is 1. The van der Waals surface area contributed by atoms with E-state index in [1.165, 1.54) is 12.8 Å². The van der Waals surface area contributed by atoms with E-state index >= 15 is 0 Å². The molecular weight excluding hydrogens is 368 g/mol. The largest absolute Gasteiger partial charge is 0.489 e. The highest BCUT2D eigenvalue weighted by atomic mass is 35.5. The van der Waals surface area contributed by atoms with Gasteiger partial charge in [-0.2, -0.15) is 0 Å². The molecule has 1 aliphatic carbocycles. The van der Waals surface area contributed by atoms with Gasteiger partial charge in [-0.15, -0.1) is 0 Å². The Labute approximate surface area is 165 Å². The number of ether oxygens (including phenoxy) is 1. The number of carbonyl (C=O) groups is 1. The number of hydrogen-bond acceptors (Lipinski definition) is 5. The van der Waals surface area contributed by atoms with Crippen LogP contribution in [0.2, 0.25) is 5.02 Å². The number of halogens is 1. The fourth-order valence-corrected chi connectivity index (χ4v) is 4.13. The zero-order valence-corrected chi connectivity index (χ0v) is 16.3. The number of carbonyl (C=O) groups excluding carboxylic acids is 1. The maximum Gasteiger partial charge on any atom is 0.251 e. The maximum atomic E-state index is 12.4. The minimum atomic E-state index is -0.202. The number of amides is 1.